The maximum absolute atomic E-state index is 11.5. The summed E-state index contributed by atoms with van der Waals surface area (Å²) < 4.78 is 5.22. The van der Waals surface area contributed by atoms with Gasteiger partial charge in [0.2, 0.25) is 0 Å². The standard InChI is InChI=1S/C13H25N3O3/c1-13(2,3)15-12(17)19-8-9-4-6-10(7-5-9)11(14)16-18/h9-10,18H,4-8H2,1-3H3,(H2,14,16)(H,15,17). The van der Waals surface area contributed by atoms with E-state index in [4.69, 9.17) is 15.7 Å². The van der Waals surface area contributed by atoms with E-state index in [9.17, 15) is 4.79 Å². The molecule has 0 aliphatic heterocycles. The number of hydrogen-bond donors (Lipinski definition) is 3. The van der Waals surface area contributed by atoms with Gasteiger partial charge in [0.25, 0.3) is 0 Å². The Balaban J connectivity index is 2.25. The number of carbonyl (C=O) groups excluding carboxylic acids is 1. The van der Waals surface area contributed by atoms with E-state index in [2.05, 4.69) is 10.5 Å². The zero-order valence-corrected chi connectivity index (χ0v) is 12.0. The first kappa shape index (κ1) is 15.6. The van der Waals surface area contributed by atoms with Gasteiger partial charge in [-0.1, -0.05) is 5.16 Å². The highest BCUT2D eigenvalue weighted by atomic mass is 16.5. The summed E-state index contributed by atoms with van der Waals surface area (Å²) in [7, 11) is 0. The molecule has 19 heavy (non-hydrogen) atoms. The predicted molar refractivity (Wildman–Crippen MR) is 73.1 cm³/mol. The first-order valence-corrected chi connectivity index (χ1v) is 6.74. The fourth-order valence-corrected chi connectivity index (χ4v) is 2.24. The van der Waals surface area contributed by atoms with Crippen LogP contribution in [0.3, 0.4) is 0 Å². The van der Waals surface area contributed by atoms with Gasteiger partial charge in [-0.25, -0.2) is 4.79 Å². The van der Waals surface area contributed by atoms with Crippen molar-refractivity contribution in [2.24, 2.45) is 22.7 Å². The number of carbonyl (C=O) groups is 1. The van der Waals surface area contributed by atoms with Gasteiger partial charge < -0.3 is 21.0 Å². The highest BCUT2D eigenvalue weighted by Gasteiger charge is 2.25. The lowest BCUT2D eigenvalue weighted by Gasteiger charge is -2.28. The third-order valence-electron chi connectivity index (χ3n) is 3.31. The van der Waals surface area contributed by atoms with Crippen LogP contribution in [0.4, 0.5) is 4.79 Å². The van der Waals surface area contributed by atoms with Crippen LogP contribution in [0.1, 0.15) is 46.5 Å². The van der Waals surface area contributed by atoms with Crippen molar-refractivity contribution in [3.05, 3.63) is 0 Å². The number of amidine groups is 1. The molecule has 0 saturated heterocycles. The van der Waals surface area contributed by atoms with Gasteiger partial charge >= 0.3 is 6.09 Å². The minimum atomic E-state index is -0.369. The van der Waals surface area contributed by atoms with E-state index in [0.717, 1.165) is 25.7 Å². The van der Waals surface area contributed by atoms with Gasteiger partial charge in [0, 0.05) is 11.5 Å². The number of amides is 1. The molecule has 0 radical (unpaired) electrons. The smallest absolute Gasteiger partial charge is 0.407 e. The summed E-state index contributed by atoms with van der Waals surface area (Å²) in [6, 6.07) is 0. The van der Waals surface area contributed by atoms with Gasteiger partial charge in [0.1, 0.15) is 5.84 Å². The zero-order valence-electron chi connectivity index (χ0n) is 12.0. The SMILES string of the molecule is CC(C)(C)NC(=O)OCC1CCC(/C(N)=N/O)CC1. The molecule has 4 N–H and O–H groups in total. The minimum absolute atomic E-state index is 0.157. The molecule has 1 amide bonds. The molecule has 6 heteroatoms. The Kier molecular flexibility index (Phi) is 5.44. The fourth-order valence-electron chi connectivity index (χ4n) is 2.24. The van der Waals surface area contributed by atoms with Crippen molar-refractivity contribution in [3.63, 3.8) is 0 Å². The van der Waals surface area contributed by atoms with Gasteiger partial charge in [-0.3, -0.25) is 0 Å². The van der Waals surface area contributed by atoms with Crippen LogP contribution < -0.4 is 11.1 Å². The molecule has 1 saturated carbocycles. The van der Waals surface area contributed by atoms with Crippen molar-refractivity contribution in [2.45, 2.75) is 52.0 Å². The number of ether oxygens (including phenoxy) is 1. The molecule has 0 atom stereocenters. The van der Waals surface area contributed by atoms with Crippen LogP contribution >= 0.6 is 0 Å². The Hall–Kier alpha value is -1.46. The van der Waals surface area contributed by atoms with Crippen LogP contribution in [0, 0.1) is 11.8 Å². The van der Waals surface area contributed by atoms with Crippen LogP contribution in [0.25, 0.3) is 0 Å². The summed E-state index contributed by atoms with van der Waals surface area (Å²) in [5, 5.41) is 14.4. The van der Waals surface area contributed by atoms with Crippen molar-refractivity contribution in [2.75, 3.05) is 6.61 Å². The lowest BCUT2D eigenvalue weighted by molar-refractivity contribution is 0.106. The topological polar surface area (TPSA) is 96.9 Å². The van der Waals surface area contributed by atoms with Crippen molar-refractivity contribution >= 4 is 11.9 Å². The van der Waals surface area contributed by atoms with E-state index < -0.39 is 0 Å². The second kappa shape index (κ2) is 6.63. The molecular formula is C13H25N3O3. The number of rotatable bonds is 3. The van der Waals surface area contributed by atoms with E-state index in [1.165, 1.54) is 0 Å². The highest BCUT2D eigenvalue weighted by Crippen LogP contribution is 2.29. The molecule has 0 heterocycles. The predicted octanol–water partition coefficient (Wildman–Crippen LogP) is 2.06. The molecule has 1 fully saturated rings. The van der Waals surface area contributed by atoms with E-state index >= 15 is 0 Å². The third kappa shape index (κ3) is 5.81. The maximum Gasteiger partial charge on any atom is 0.407 e. The molecule has 1 rings (SSSR count). The molecule has 0 aromatic rings. The second-order valence-corrected chi connectivity index (χ2v) is 6.22. The van der Waals surface area contributed by atoms with Crippen LogP contribution in [0.15, 0.2) is 5.16 Å². The summed E-state index contributed by atoms with van der Waals surface area (Å²) in [4.78, 5) is 11.5. The maximum atomic E-state index is 11.5. The van der Waals surface area contributed by atoms with Crippen molar-refractivity contribution in [1.82, 2.24) is 5.32 Å². The molecular weight excluding hydrogens is 246 g/mol. The highest BCUT2D eigenvalue weighted by molar-refractivity contribution is 5.82. The first-order chi connectivity index (χ1) is 8.81. The summed E-state index contributed by atoms with van der Waals surface area (Å²) in [6.45, 7) is 6.17. The first-order valence-electron chi connectivity index (χ1n) is 6.74. The molecule has 110 valence electrons. The molecule has 6 nitrogen and oxygen atoms in total. The molecule has 0 aromatic heterocycles. The van der Waals surface area contributed by atoms with Crippen molar-refractivity contribution in [1.29, 1.82) is 0 Å². The Bertz CT molecular complexity index is 329. The van der Waals surface area contributed by atoms with Crippen molar-refractivity contribution < 1.29 is 14.7 Å². The number of nitrogens with two attached hydrogens (primary N) is 1. The Labute approximate surface area is 114 Å². The van der Waals surface area contributed by atoms with Crippen LogP contribution in [0.5, 0.6) is 0 Å². The van der Waals surface area contributed by atoms with Gasteiger partial charge in [-0.2, -0.15) is 0 Å². The number of nitrogens with zero attached hydrogens (tertiary/aromatic N) is 1. The number of alkyl carbamates (subject to hydrolysis) is 1. The molecule has 0 bridgehead atoms. The van der Waals surface area contributed by atoms with E-state index in [0.29, 0.717) is 18.4 Å². The zero-order chi connectivity index (χ0) is 14.5. The largest absolute Gasteiger partial charge is 0.449 e. The molecule has 0 unspecified atom stereocenters. The summed E-state index contributed by atoms with van der Waals surface area (Å²) in [5.41, 5.74) is 5.31. The summed E-state index contributed by atoms with van der Waals surface area (Å²) in [6.07, 6.45) is 3.26. The van der Waals surface area contributed by atoms with Crippen LogP contribution in [-0.4, -0.2) is 29.3 Å². The Morgan fingerprint density at radius 1 is 1.37 bits per heavy atom. The Morgan fingerprint density at radius 3 is 2.42 bits per heavy atom. The third-order valence-corrected chi connectivity index (χ3v) is 3.31. The average molecular weight is 271 g/mol. The molecule has 0 aromatic carbocycles. The van der Waals surface area contributed by atoms with Crippen LogP contribution in [-0.2, 0) is 4.74 Å². The van der Waals surface area contributed by atoms with Gasteiger partial charge in [0.05, 0.1) is 6.61 Å². The summed E-state index contributed by atoms with van der Waals surface area (Å²) in [5.74, 6) is 0.836. The Morgan fingerprint density at radius 2 is 1.95 bits per heavy atom. The minimum Gasteiger partial charge on any atom is -0.449 e. The monoisotopic (exact) mass is 271 g/mol. The van der Waals surface area contributed by atoms with E-state index in [1.807, 2.05) is 20.8 Å². The van der Waals surface area contributed by atoms with Gasteiger partial charge in [-0.15, -0.1) is 0 Å². The quantitative estimate of drug-likeness (QED) is 0.317. The number of hydrogen-bond acceptors (Lipinski definition) is 4. The number of oxime groups is 1. The second-order valence-electron chi connectivity index (χ2n) is 6.22. The van der Waals surface area contributed by atoms with E-state index in [-0.39, 0.29) is 17.6 Å². The van der Waals surface area contributed by atoms with E-state index in [1.54, 1.807) is 0 Å². The van der Waals surface area contributed by atoms with Crippen LogP contribution in [0.2, 0.25) is 0 Å². The lowest BCUT2D eigenvalue weighted by Crippen LogP contribution is -2.41. The van der Waals surface area contributed by atoms with Gasteiger partial charge in [-0.05, 0) is 52.4 Å². The lowest BCUT2D eigenvalue weighted by atomic mass is 9.82. The molecule has 0 spiro atoms. The normalized spacial score (nSPS) is 24.9. The fraction of sp³-hybridized carbons (Fsp3) is 0.846. The van der Waals surface area contributed by atoms with Crippen molar-refractivity contribution in [3.8, 4) is 0 Å². The summed E-state index contributed by atoms with van der Waals surface area (Å²) >= 11 is 0. The molecule has 1 aliphatic rings. The average Bonchev–Trinajstić information content (AvgIpc) is 2.34. The van der Waals surface area contributed by atoms with Gasteiger partial charge in [0.15, 0.2) is 0 Å². The molecule has 1 aliphatic carbocycles. The number of nitrogens with one attached hydrogen (secondary N) is 1.